The maximum atomic E-state index is 14.7. The lowest BCUT2D eigenvalue weighted by atomic mass is 9.91. The van der Waals surface area contributed by atoms with Gasteiger partial charge in [0.1, 0.15) is 5.82 Å². The molecule has 1 saturated heterocycles. The van der Waals surface area contributed by atoms with Crippen LogP contribution in [0.4, 0.5) is 15.0 Å². The first kappa shape index (κ1) is 33.2. The van der Waals surface area contributed by atoms with E-state index in [-0.39, 0.29) is 17.8 Å². The van der Waals surface area contributed by atoms with Crippen LogP contribution in [-0.2, 0) is 15.4 Å². The highest BCUT2D eigenvalue weighted by molar-refractivity contribution is 9.10. The van der Waals surface area contributed by atoms with Crippen LogP contribution >= 0.6 is 15.9 Å². The van der Waals surface area contributed by atoms with Crippen LogP contribution in [0.15, 0.2) is 58.2 Å². The number of rotatable bonds is 9. The summed E-state index contributed by atoms with van der Waals surface area (Å²) in [5.41, 5.74) is -0.340. The lowest BCUT2D eigenvalue weighted by Gasteiger charge is -2.28. The fourth-order valence-electron chi connectivity index (χ4n) is 5.28. The van der Waals surface area contributed by atoms with Crippen molar-refractivity contribution in [2.45, 2.75) is 75.9 Å². The highest BCUT2D eigenvalue weighted by Gasteiger charge is 2.41. The lowest BCUT2D eigenvalue weighted by molar-refractivity contribution is 0.0975. The third-order valence-corrected chi connectivity index (χ3v) is 9.27. The number of carbonyl (C=O) groups is 2. The van der Waals surface area contributed by atoms with E-state index < -0.39 is 49.5 Å². The van der Waals surface area contributed by atoms with Crippen LogP contribution in [-0.4, -0.2) is 57.5 Å². The van der Waals surface area contributed by atoms with Crippen molar-refractivity contribution in [1.82, 2.24) is 24.6 Å². The number of nitrogens with zero attached hydrogens (tertiary/aromatic N) is 4. The third-order valence-electron chi connectivity index (χ3n) is 7.57. The van der Waals surface area contributed by atoms with Crippen molar-refractivity contribution in [3.63, 3.8) is 0 Å². The first-order valence-corrected chi connectivity index (χ1v) is 16.3. The van der Waals surface area contributed by atoms with Crippen molar-refractivity contribution in [3.05, 3.63) is 76.0 Å². The molecule has 2 atom stereocenters. The van der Waals surface area contributed by atoms with Crippen LogP contribution in [0.5, 0.6) is 0 Å². The number of carboxylic acid groups (broad SMARTS) is 1. The zero-order chi connectivity index (χ0) is 32.4. The molecule has 2 amide bonds. The van der Waals surface area contributed by atoms with Crippen molar-refractivity contribution in [3.8, 4) is 0 Å². The molecule has 0 spiro atoms. The van der Waals surface area contributed by atoms with Crippen molar-refractivity contribution < 1.29 is 27.5 Å². The van der Waals surface area contributed by atoms with Gasteiger partial charge in [-0.15, -0.1) is 0 Å². The monoisotopic (exact) mass is 690 g/mol. The Labute approximate surface area is 264 Å². The van der Waals surface area contributed by atoms with Crippen molar-refractivity contribution in [2.75, 3.05) is 11.9 Å². The summed E-state index contributed by atoms with van der Waals surface area (Å²) < 4.78 is 43.5. The smallest absolute Gasteiger partial charge is 0.407 e. The van der Waals surface area contributed by atoms with Crippen LogP contribution < -0.4 is 10.0 Å². The molecule has 3 aromatic rings. The molecule has 0 bridgehead atoms. The van der Waals surface area contributed by atoms with E-state index in [1.165, 1.54) is 29.2 Å². The van der Waals surface area contributed by atoms with E-state index in [2.05, 4.69) is 36.2 Å². The molecule has 0 aromatic carbocycles. The van der Waals surface area contributed by atoms with Gasteiger partial charge in [0.25, 0.3) is 15.9 Å². The molecule has 1 aliphatic heterocycles. The fourth-order valence-corrected chi connectivity index (χ4v) is 6.45. The Kier molecular flexibility index (Phi) is 9.64. The van der Waals surface area contributed by atoms with Crippen LogP contribution in [0, 0.1) is 11.9 Å². The van der Waals surface area contributed by atoms with Crippen LogP contribution in [0.3, 0.4) is 0 Å². The molecule has 0 aliphatic carbocycles. The molecule has 0 radical (unpaired) electrons. The van der Waals surface area contributed by atoms with Gasteiger partial charge in [0, 0.05) is 33.9 Å². The van der Waals surface area contributed by atoms with E-state index in [0.29, 0.717) is 37.2 Å². The minimum absolute atomic E-state index is 0.128. The highest BCUT2D eigenvalue weighted by Crippen LogP contribution is 2.37. The minimum Gasteiger partial charge on any atom is -0.465 e. The van der Waals surface area contributed by atoms with Crippen LogP contribution in [0.25, 0.3) is 0 Å². The Balaban J connectivity index is 1.52. The van der Waals surface area contributed by atoms with Gasteiger partial charge in [-0.3, -0.25) is 9.78 Å². The molecule has 0 saturated carbocycles. The number of pyridine rings is 3. The highest BCUT2D eigenvalue weighted by atomic mass is 79.9. The van der Waals surface area contributed by atoms with Gasteiger partial charge in [0.15, 0.2) is 5.03 Å². The number of sulfonamides is 1. The van der Waals surface area contributed by atoms with E-state index in [0.717, 1.165) is 4.47 Å². The van der Waals surface area contributed by atoms with E-state index in [4.69, 9.17) is 0 Å². The Bertz CT molecular complexity index is 1650. The first-order valence-electron chi connectivity index (χ1n) is 14.1. The van der Waals surface area contributed by atoms with Crippen molar-refractivity contribution in [2.24, 2.45) is 5.92 Å². The second kappa shape index (κ2) is 12.8. The number of amides is 2. The predicted molar refractivity (Wildman–Crippen MR) is 166 cm³/mol. The summed E-state index contributed by atoms with van der Waals surface area (Å²) in [6, 6.07) is 10.3. The number of carbonyl (C=O) groups excluding carboxylic acids is 1. The molecule has 1 aliphatic rings. The van der Waals surface area contributed by atoms with Crippen LogP contribution in [0.1, 0.15) is 81.7 Å². The van der Waals surface area contributed by atoms with Gasteiger partial charge in [-0.25, -0.2) is 19.5 Å². The molecule has 44 heavy (non-hydrogen) atoms. The number of nitrogens with one attached hydrogen (secondary N) is 2. The topological polar surface area (TPSA) is 154 Å². The zero-order valence-corrected chi connectivity index (χ0v) is 27.5. The van der Waals surface area contributed by atoms with Gasteiger partial charge in [-0.05, 0) is 91.4 Å². The predicted octanol–water partition coefficient (Wildman–Crippen LogP) is 5.90. The summed E-state index contributed by atoms with van der Waals surface area (Å²) in [7, 11) is -4.47. The normalized spacial score (nSPS) is 17.2. The molecule has 14 heteroatoms. The lowest BCUT2D eigenvalue weighted by Crippen LogP contribution is -2.41. The molecule has 3 N–H and O–H groups in total. The molecule has 11 nitrogen and oxygen atoms in total. The standard InChI is InChI=1S/C30H36BrFN6O5S/c1-29(2,3)23-14-11-20(26(32)35-23)27(39)37-44(42,43)25-8-6-7-24(36-25)34-22(21-13-10-19(31)16-33-21)12-9-18-15-30(4,5)38(17-18)28(40)41/h6-8,10-11,13-14,16,18,22H,9,12,15,17H2,1-5H3,(H,34,36)(H,37,39)(H,40,41)/t18-,22?/m0/s1. The number of anilines is 1. The van der Waals surface area contributed by atoms with Gasteiger partial charge in [0.05, 0.1) is 17.3 Å². The molecule has 4 rings (SSSR count). The maximum Gasteiger partial charge on any atom is 0.407 e. The molecule has 236 valence electrons. The average molecular weight is 692 g/mol. The average Bonchev–Trinajstić information content (AvgIpc) is 3.25. The molecular weight excluding hydrogens is 655 g/mol. The Morgan fingerprint density at radius 1 is 1.16 bits per heavy atom. The molecule has 4 heterocycles. The quantitative estimate of drug-likeness (QED) is 0.233. The largest absolute Gasteiger partial charge is 0.465 e. The van der Waals surface area contributed by atoms with E-state index >= 15 is 0 Å². The second-order valence-electron chi connectivity index (χ2n) is 12.5. The Hall–Kier alpha value is -3.65. The zero-order valence-electron chi connectivity index (χ0n) is 25.1. The van der Waals surface area contributed by atoms with Gasteiger partial charge >= 0.3 is 6.09 Å². The number of likely N-dealkylation sites (tertiary alicyclic amines) is 1. The van der Waals surface area contributed by atoms with Gasteiger partial charge < -0.3 is 15.3 Å². The van der Waals surface area contributed by atoms with Gasteiger partial charge in [-0.1, -0.05) is 26.8 Å². The second-order valence-corrected chi connectivity index (χ2v) is 15.1. The Morgan fingerprint density at radius 2 is 1.89 bits per heavy atom. The summed E-state index contributed by atoms with van der Waals surface area (Å²) in [6.07, 6.45) is 2.66. The van der Waals surface area contributed by atoms with Crippen molar-refractivity contribution in [1.29, 1.82) is 0 Å². The fraction of sp³-hybridized carbons (Fsp3) is 0.433. The number of hydrogen-bond acceptors (Lipinski definition) is 8. The number of hydrogen-bond donors (Lipinski definition) is 3. The summed E-state index contributed by atoms with van der Waals surface area (Å²) in [5.74, 6) is -1.89. The molecule has 1 fully saturated rings. The number of aromatic nitrogens is 3. The summed E-state index contributed by atoms with van der Waals surface area (Å²) in [4.78, 5) is 38.5. The third kappa shape index (κ3) is 7.89. The van der Waals surface area contributed by atoms with E-state index in [1.54, 1.807) is 12.3 Å². The minimum atomic E-state index is -4.47. The van der Waals surface area contributed by atoms with Gasteiger partial charge in [0.2, 0.25) is 5.95 Å². The van der Waals surface area contributed by atoms with E-state index in [1.807, 2.05) is 51.5 Å². The summed E-state index contributed by atoms with van der Waals surface area (Å²) >= 11 is 3.39. The summed E-state index contributed by atoms with van der Waals surface area (Å²) in [5, 5.41) is 12.4. The SMILES string of the molecule is CC(C)(C)c1ccc(C(=O)NS(=O)(=O)c2cccc(NC(CC[C@@H]3CN(C(=O)O)C(C)(C)C3)c3ccc(Br)cn3)n2)c(F)n1. The summed E-state index contributed by atoms with van der Waals surface area (Å²) in [6.45, 7) is 9.76. The number of halogens is 2. The van der Waals surface area contributed by atoms with Crippen molar-refractivity contribution >= 4 is 43.8 Å². The molecule has 1 unspecified atom stereocenters. The van der Waals surface area contributed by atoms with Gasteiger partial charge in [-0.2, -0.15) is 12.8 Å². The van der Waals surface area contributed by atoms with Crippen LogP contribution in [0.2, 0.25) is 0 Å². The molecular formula is C30H36BrFN6O5S. The van der Waals surface area contributed by atoms with E-state index in [9.17, 15) is 27.5 Å². The Morgan fingerprint density at radius 3 is 2.48 bits per heavy atom. The molecule has 3 aromatic heterocycles. The maximum absolute atomic E-state index is 14.7. The first-order chi connectivity index (χ1) is 20.5.